The van der Waals surface area contributed by atoms with Gasteiger partial charge in [0, 0.05) is 22.5 Å². The van der Waals surface area contributed by atoms with Gasteiger partial charge in [-0.15, -0.1) is 52.5 Å². The first-order chi connectivity index (χ1) is 20.4. The van der Waals surface area contributed by atoms with Crippen molar-refractivity contribution in [2.24, 2.45) is 0 Å². The maximum absolute atomic E-state index is 4.41. The molecule has 4 aromatic carbocycles. The van der Waals surface area contributed by atoms with Crippen molar-refractivity contribution in [1.29, 1.82) is 0 Å². The standard InChI is InChI=1S/C24H19N3.C14H14N.Ir/c1-16(2)25-12-13-26(15-25)17-10-11-19-21-8-5-7-20-18-6-3-4-9-22(18)27(24(20)21)23(19)14-17;1-10-4-6-13(7-5-10)14-8-11(2)12(3)9-15-14;/h3-9,11-16H,1-2H3;4-6,8-9H,1-3H3;/q-2;-1;+3. The Morgan fingerprint density at radius 3 is 2.23 bits per heavy atom. The fourth-order valence-electron chi connectivity index (χ4n) is 5.76. The van der Waals surface area contributed by atoms with E-state index in [-0.39, 0.29) is 20.1 Å². The van der Waals surface area contributed by atoms with Gasteiger partial charge in [-0.3, -0.25) is 0 Å². The minimum Gasteiger partial charge on any atom is -0.506 e. The molecular formula is C38H33IrN4. The molecule has 4 nitrogen and oxygen atoms in total. The molecule has 7 aromatic rings. The van der Waals surface area contributed by atoms with Gasteiger partial charge in [0.1, 0.15) is 0 Å². The second-order valence-corrected chi connectivity index (χ2v) is 11.5. The van der Waals surface area contributed by atoms with Gasteiger partial charge in [-0.25, -0.2) is 0 Å². The number of aryl methyl sites for hydroxylation is 3. The topological polar surface area (TPSA) is 23.8 Å². The van der Waals surface area contributed by atoms with Gasteiger partial charge in [-0.05, 0) is 68.8 Å². The van der Waals surface area contributed by atoms with Gasteiger partial charge in [0.2, 0.25) is 0 Å². The molecule has 0 bridgehead atoms. The first kappa shape index (κ1) is 28.9. The Labute approximate surface area is 267 Å². The average molecular weight is 738 g/mol. The molecular weight excluding hydrogens is 705 g/mol. The van der Waals surface area contributed by atoms with Crippen LogP contribution in [0, 0.1) is 39.6 Å². The van der Waals surface area contributed by atoms with Gasteiger partial charge in [0.25, 0.3) is 0 Å². The Kier molecular flexibility index (Phi) is 7.72. The van der Waals surface area contributed by atoms with E-state index in [1.807, 2.05) is 12.3 Å². The number of pyridine rings is 1. The second-order valence-electron chi connectivity index (χ2n) is 11.5. The van der Waals surface area contributed by atoms with Crippen molar-refractivity contribution < 1.29 is 20.1 Å². The minimum absolute atomic E-state index is 0. The number of aromatic nitrogens is 2. The van der Waals surface area contributed by atoms with Crippen LogP contribution in [-0.4, -0.2) is 20.3 Å². The van der Waals surface area contributed by atoms with Crippen molar-refractivity contribution in [3.8, 4) is 11.3 Å². The van der Waals surface area contributed by atoms with Gasteiger partial charge in [-0.2, -0.15) is 18.8 Å². The molecule has 1 aliphatic rings. The van der Waals surface area contributed by atoms with Crippen LogP contribution in [0.4, 0.5) is 5.69 Å². The van der Waals surface area contributed by atoms with Gasteiger partial charge >= 0.3 is 20.1 Å². The van der Waals surface area contributed by atoms with Crippen LogP contribution >= 0.6 is 0 Å². The molecule has 0 saturated carbocycles. The van der Waals surface area contributed by atoms with Crippen molar-refractivity contribution in [3.63, 3.8) is 0 Å². The number of rotatable bonds is 3. The zero-order chi connectivity index (χ0) is 29.0. The Bertz CT molecular complexity index is 2090. The fourth-order valence-corrected chi connectivity index (χ4v) is 5.76. The monoisotopic (exact) mass is 738 g/mol. The van der Waals surface area contributed by atoms with E-state index in [1.165, 1.54) is 54.8 Å². The Morgan fingerprint density at radius 2 is 1.51 bits per heavy atom. The number of hydrogen-bond acceptors (Lipinski definition) is 3. The predicted molar refractivity (Wildman–Crippen MR) is 176 cm³/mol. The summed E-state index contributed by atoms with van der Waals surface area (Å²) in [7, 11) is 0. The van der Waals surface area contributed by atoms with Crippen molar-refractivity contribution in [1.82, 2.24) is 14.3 Å². The van der Waals surface area contributed by atoms with Crippen LogP contribution < -0.4 is 4.90 Å². The molecule has 4 heterocycles. The molecule has 1 aliphatic heterocycles. The first-order valence-corrected chi connectivity index (χ1v) is 14.5. The van der Waals surface area contributed by atoms with Crippen LogP contribution in [0.1, 0.15) is 30.5 Å². The summed E-state index contributed by atoms with van der Waals surface area (Å²) in [6.07, 6.45) is 6.13. The normalized spacial score (nSPS) is 13.0. The van der Waals surface area contributed by atoms with E-state index in [0.717, 1.165) is 16.9 Å². The number of hydrogen-bond donors (Lipinski definition) is 0. The van der Waals surface area contributed by atoms with Gasteiger partial charge in [-0.1, -0.05) is 60.5 Å². The molecule has 0 fully saturated rings. The molecule has 0 aliphatic carbocycles. The van der Waals surface area contributed by atoms with Crippen LogP contribution in [-0.2, 0) is 20.1 Å². The third-order valence-corrected chi connectivity index (χ3v) is 8.29. The summed E-state index contributed by atoms with van der Waals surface area (Å²) in [5.41, 5.74) is 10.7. The number of para-hydroxylation sites is 2. The SMILES string of the molecule is CC(C)N1C=CN(c2[c-]cc3c4cccc5c6ccccc6n(c3c2)c54)[CH-]1.Cc1c[c-]c(-c2cc(C)c(C)cn2)cc1.[Ir+3]. The number of benzene rings is 4. The van der Waals surface area contributed by atoms with Crippen LogP contribution in [0.2, 0.25) is 0 Å². The summed E-state index contributed by atoms with van der Waals surface area (Å²) in [4.78, 5) is 8.76. The maximum Gasteiger partial charge on any atom is 3.00 e. The largest absolute Gasteiger partial charge is 3.00 e. The van der Waals surface area contributed by atoms with Crippen molar-refractivity contribution in [2.75, 3.05) is 4.90 Å². The van der Waals surface area contributed by atoms with Crippen LogP contribution in [0.5, 0.6) is 0 Å². The molecule has 3 aromatic heterocycles. The molecule has 8 rings (SSSR count). The fraction of sp³-hybridized carbons (Fsp3) is 0.158. The summed E-state index contributed by atoms with van der Waals surface area (Å²) in [6, 6.07) is 35.1. The molecule has 214 valence electrons. The van der Waals surface area contributed by atoms with Crippen LogP contribution in [0.25, 0.3) is 49.4 Å². The predicted octanol–water partition coefficient (Wildman–Crippen LogP) is 9.23. The smallest absolute Gasteiger partial charge is 0.506 e. The van der Waals surface area contributed by atoms with E-state index in [9.17, 15) is 0 Å². The van der Waals surface area contributed by atoms with Gasteiger partial charge in [0.05, 0.1) is 5.52 Å². The van der Waals surface area contributed by atoms with E-state index in [0.29, 0.717) is 6.04 Å². The number of anilines is 1. The Hall–Kier alpha value is -4.18. The summed E-state index contributed by atoms with van der Waals surface area (Å²) in [5, 5.41) is 5.19. The molecule has 43 heavy (non-hydrogen) atoms. The second kappa shape index (κ2) is 11.5. The third kappa shape index (κ3) is 5.07. The minimum atomic E-state index is 0. The molecule has 0 unspecified atom stereocenters. The Morgan fingerprint density at radius 1 is 0.744 bits per heavy atom. The van der Waals surface area contributed by atoms with Crippen LogP contribution in [0.3, 0.4) is 0 Å². The van der Waals surface area contributed by atoms with E-state index in [1.54, 1.807) is 0 Å². The molecule has 0 saturated heterocycles. The van der Waals surface area contributed by atoms with Crippen LogP contribution in [0.15, 0.2) is 97.5 Å². The summed E-state index contributed by atoms with van der Waals surface area (Å²) >= 11 is 0. The van der Waals surface area contributed by atoms with E-state index >= 15 is 0 Å². The summed E-state index contributed by atoms with van der Waals surface area (Å²) < 4.78 is 2.41. The van der Waals surface area contributed by atoms with Gasteiger partial charge < -0.3 is 19.2 Å². The first-order valence-electron chi connectivity index (χ1n) is 14.5. The molecule has 0 amide bonds. The molecule has 0 spiro atoms. The quantitative estimate of drug-likeness (QED) is 0.169. The number of fused-ring (bicyclic) bond motifs is 6. The van der Waals surface area contributed by atoms with E-state index in [2.05, 4.69) is 158 Å². The molecule has 5 heteroatoms. The number of nitrogens with zero attached hydrogens (tertiary/aromatic N) is 4. The third-order valence-electron chi connectivity index (χ3n) is 8.29. The molecule has 0 atom stereocenters. The average Bonchev–Trinajstić information content (AvgIpc) is 3.71. The summed E-state index contributed by atoms with van der Waals surface area (Å²) in [5.74, 6) is 0. The van der Waals surface area contributed by atoms with E-state index < -0.39 is 0 Å². The van der Waals surface area contributed by atoms with Crippen molar-refractivity contribution in [3.05, 3.63) is 133 Å². The zero-order valence-electron chi connectivity index (χ0n) is 25.0. The Balaban J connectivity index is 0.000000176. The maximum atomic E-state index is 4.41. The van der Waals surface area contributed by atoms with E-state index in [4.69, 9.17) is 0 Å². The summed E-state index contributed by atoms with van der Waals surface area (Å²) in [6.45, 7) is 12.8. The van der Waals surface area contributed by atoms with Crippen molar-refractivity contribution >= 4 is 43.8 Å². The van der Waals surface area contributed by atoms with Gasteiger partial charge in [0.15, 0.2) is 0 Å². The molecule has 0 radical (unpaired) electrons. The molecule has 0 N–H and O–H groups in total. The van der Waals surface area contributed by atoms with Crippen molar-refractivity contribution in [2.45, 2.75) is 40.7 Å². The zero-order valence-corrected chi connectivity index (χ0v) is 27.4.